The fraction of sp³-hybridized carbons (Fsp3) is 0.429. The monoisotopic (exact) mass is 451 g/mol. The second-order valence-electron chi connectivity index (χ2n) is 5.82. The number of sulfonamides is 1. The van der Waals surface area contributed by atoms with Crippen LogP contribution in [0.5, 0.6) is 0 Å². The number of hydrogen-bond donors (Lipinski definition) is 3. The fourth-order valence-corrected chi connectivity index (χ4v) is 3.94. The predicted octanol–water partition coefficient (Wildman–Crippen LogP) is 1.26. The first-order chi connectivity index (χ1) is 12.3. The standard InChI is InChI=1S/C14H19BrFN5O4S/c15-12-9-11(3-4-13(12)16)20-10-14(21(22)25-20)17-5-8-26(23,24)18-19-6-1-2-7-19/h3-4,9-10,17-18,22H,1-2,5-8H2. The summed E-state index contributed by atoms with van der Waals surface area (Å²) in [6.45, 7) is 1.48. The first-order valence-electron chi connectivity index (χ1n) is 7.96. The summed E-state index contributed by atoms with van der Waals surface area (Å²) in [4.78, 5) is 7.62. The minimum Gasteiger partial charge on any atom is -0.365 e. The molecule has 2 aliphatic heterocycles. The molecule has 1 fully saturated rings. The normalized spacial score (nSPS) is 18.5. The Kier molecular flexibility index (Phi) is 5.99. The quantitative estimate of drug-likeness (QED) is 0.569. The van der Waals surface area contributed by atoms with Crippen LogP contribution in [0.2, 0.25) is 0 Å². The van der Waals surface area contributed by atoms with Crippen LogP contribution in [0.1, 0.15) is 12.8 Å². The molecule has 0 amide bonds. The molecule has 2 aliphatic rings. The van der Waals surface area contributed by atoms with Crippen LogP contribution < -0.4 is 15.2 Å². The summed E-state index contributed by atoms with van der Waals surface area (Å²) in [6, 6.07) is 4.20. The minimum absolute atomic E-state index is 0.0659. The first-order valence-corrected chi connectivity index (χ1v) is 10.4. The number of hydrazine groups is 1. The molecule has 9 nitrogen and oxygen atoms in total. The molecule has 1 aromatic carbocycles. The summed E-state index contributed by atoms with van der Waals surface area (Å²) in [5.74, 6) is -0.440. The average Bonchev–Trinajstić information content (AvgIpc) is 3.20. The van der Waals surface area contributed by atoms with Crippen LogP contribution in [-0.4, -0.2) is 49.2 Å². The number of nitrogens with one attached hydrogen (secondary N) is 2. The van der Waals surface area contributed by atoms with Crippen LogP contribution in [0.15, 0.2) is 34.7 Å². The molecule has 0 unspecified atom stereocenters. The Hall–Kier alpha value is -1.44. The van der Waals surface area contributed by atoms with Crippen molar-refractivity contribution in [3.8, 4) is 0 Å². The van der Waals surface area contributed by atoms with Crippen molar-refractivity contribution in [2.45, 2.75) is 12.8 Å². The Bertz CT molecular complexity index is 788. The third-order valence-electron chi connectivity index (χ3n) is 3.82. The topological polar surface area (TPSA) is 97.4 Å². The molecule has 0 radical (unpaired) electrons. The van der Waals surface area contributed by atoms with E-state index in [1.165, 1.54) is 29.5 Å². The van der Waals surface area contributed by atoms with Gasteiger partial charge in [0.15, 0.2) is 5.82 Å². The second kappa shape index (κ2) is 8.06. The van der Waals surface area contributed by atoms with Crippen molar-refractivity contribution in [3.05, 3.63) is 40.5 Å². The van der Waals surface area contributed by atoms with E-state index in [2.05, 4.69) is 26.1 Å². The average molecular weight is 452 g/mol. The van der Waals surface area contributed by atoms with Crippen molar-refractivity contribution in [1.82, 2.24) is 20.4 Å². The van der Waals surface area contributed by atoms with E-state index in [9.17, 15) is 18.0 Å². The van der Waals surface area contributed by atoms with Crippen LogP contribution in [-0.2, 0) is 15.0 Å². The third-order valence-corrected chi connectivity index (χ3v) is 5.71. The van der Waals surface area contributed by atoms with Gasteiger partial charge < -0.3 is 5.32 Å². The molecule has 0 saturated carbocycles. The third kappa shape index (κ3) is 4.84. The van der Waals surface area contributed by atoms with Crippen LogP contribution >= 0.6 is 15.9 Å². The summed E-state index contributed by atoms with van der Waals surface area (Å²) in [6.07, 6.45) is 3.36. The van der Waals surface area contributed by atoms with Crippen LogP contribution in [0, 0.1) is 5.82 Å². The zero-order valence-electron chi connectivity index (χ0n) is 13.7. The summed E-state index contributed by atoms with van der Waals surface area (Å²) in [7, 11) is -3.47. The van der Waals surface area contributed by atoms with Crippen molar-refractivity contribution in [2.75, 3.05) is 30.5 Å². The van der Waals surface area contributed by atoms with Gasteiger partial charge in [-0.15, -0.1) is 9.77 Å². The van der Waals surface area contributed by atoms with Gasteiger partial charge in [-0.25, -0.2) is 17.8 Å². The molecule has 2 heterocycles. The summed E-state index contributed by atoms with van der Waals surface area (Å²) in [5.41, 5.74) is 0.470. The van der Waals surface area contributed by atoms with Crippen LogP contribution in [0.25, 0.3) is 0 Å². The molecule has 26 heavy (non-hydrogen) atoms. The number of benzene rings is 1. The van der Waals surface area contributed by atoms with Crippen LogP contribution in [0.4, 0.5) is 10.1 Å². The van der Waals surface area contributed by atoms with Crippen molar-refractivity contribution in [3.63, 3.8) is 0 Å². The minimum atomic E-state index is -3.47. The van der Waals surface area contributed by atoms with Gasteiger partial charge in [0.2, 0.25) is 10.0 Å². The van der Waals surface area contributed by atoms with Gasteiger partial charge in [-0.05, 0) is 47.0 Å². The Balaban J connectivity index is 1.54. The van der Waals surface area contributed by atoms with E-state index in [4.69, 9.17) is 4.94 Å². The van der Waals surface area contributed by atoms with Gasteiger partial charge in [-0.1, -0.05) is 5.23 Å². The molecule has 0 bridgehead atoms. The van der Waals surface area contributed by atoms with E-state index >= 15 is 0 Å². The van der Waals surface area contributed by atoms with E-state index in [-0.39, 0.29) is 22.6 Å². The lowest BCUT2D eigenvalue weighted by Gasteiger charge is -2.17. The van der Waals surface area contributed by atoms with E-state index in [0.717, 1.165) is 12.8 Å². The zero-order chi connectivity index (χ0) is 18.7. The van der Waals surface area contributed by atoms with Gasteiger partial charge in [0, 0.05) is 19.6 Å². The maximum Gasteiger partial charge on any atom is 0.226 e. The number of rotatable bonds is 7. The highest BCUT2D eigenvalue weighted by Crippen LogP contribution is 2.27. The SMILES string of the molecule is O=S(=O)(CCNC1=CN(c2ccc(F)c(Br)c2)ON1O)NN1CCCC1. The van der Waals surface area contributed by atoms with Crippen molar-refractivity contribution in [2.24, 2.45) is 0 Å². The molecule has 0 aliphatic carbocycles. The number of halogens is 2. The lowest BCUT2D eigenvalue weighted by molar-refractivity contribution is -0.306. The summed E-state index contributed by atoms with van der Waals surface area (Å²) >= 11 is 3.08. The van der Waals surface area contributed by atoms with Gasteiger partial charge in [0.25, 0.3) is 0 Å². The Morgan fingerprint density at radius 1 is 1.31 bits per heavy atom. The van der Waals surface area contributed by atoms with Gasteiger partial charge in [0.1, 0.15) is 5.82 Å². The van der Waals surface area contributed by atoms with Gasteiger partial charge in [0.05, 0.1) is 22.1 Å². The molecular weight excluding hydrogens is 433 g/mol. The number of hydrogen-bond acceptors (Lipinski definition) is 8. The molecular formula is C14H19BrFN5O4S. The van der Waals surface area contributed by atoms with Gasteiger partial charge in [-0.2, -0.15) is 5.06 Å². The molecule has 144 valence electrons. The second-order valence-corrected chi connectivity index (χ2v) is 8.50. The number of hydroxylamine groups is 3. The number of nitrogens with zero attached hydrogens (tertiary/aromatic N) is 3. The molecule has 1 aromatic rings. The Labute approximate surface area is 159 Å². The maximum atomic E-state index is 13.3. The predicted molar refractivity (Wildman–Crippen MR) is 95.1 cm³/mol. The van der Waals surface area contributed by atoms with E-state index in [0.29, 0.717) is 24.0 Å². The lowest BCUT2D eigenvalue weighted by Crippen LogP contribution is -2.43. The van der Waals surface area contributed by atoms with Gasteiger partial charge >= 0.3 is 0 Å². The lowest BCUT2D eigenvalue weighted by atomic mass is 10.3. The Morgan fingerprint density at radius 2 is 2.04 bits per heavy atom. The molecule has 12 heteroatoms. The fourth-order valence-electron chi connectivity index (χ4n) is 2.53. The van der Waals surface area contributed by atoms with Crippen LogP contribution in [0.3, 0.4) is 0 Å². The molecule has 0 spiro atoms. The smallest absolute Gasteiger partial charge is 0.226 e. The number of anilines is 1. The van der Waals surface area contributed by atoms with E-state index in [1.807, 2.05) is 0 Å². The van der Waals surface area contributed by atoms with E-state index < -0.39 is 15.8 Å². The molecule has 3 N–H and O–H groups in total. The molecule has 1 saturated heterocycles. The molecule has 3 rings (SSSR count). The summed E-state index contributed by atoms with van der Waals surface area (Å²) < 4.78 is 37.6. The highest BCUT2D eigenvalue weighted by molar-refractivity contribution is 9.10. The highest BCUT2D eigenvalue weighted by atomic mass is 79.9. The van der Waals surface area contributed by atoms with Crippen molar-refractivity contribution >= 4 is 31.6 Å². The molecule has 0 atom stereocenters. The first kappa shape index (κ1) is 19.3. The highest BCUT2D eigenvalue weighted by Gasteiger charge is 2.24. The maximum absolute atomic E-state index is 13.3. The Morgan fingerprint density at radius 3 is 2.73 bits per heavy atom. The van der Waals surface area contributed by atoms with Gasteiger partial charge in [-0.3, -0.25) is 5.21 Å². The van der Waals surface area contributed by atoms with Crippen molar-refractivity contribution < 1.29 is 23.0 Å². The van der Waals surface area contributed by atoms with E-state index in [1.54, 1.807) is 5.01 Å². The van der Waals surface area contributed by atoms with Crippen molar-refractivity contribution in [1.29, 1.82) is 0 Å². The zero-order valence-corrected chi connectivity index (χ0v) is 16.1. The molecule has 0 aromatic heterocycles. The summed E-state index contributed by atoms with van der Waals surface area (Å²) in [5, 5.41) is 15.9. The largest absolute Gasteiger partial charge is 0.365 e.